The lowest BCUT2D eigenvalue weighted by Crippen LogP contribution is -2.54. The van der Waals surface area contributed by atoms with Crippen LogP contribution in [0.1, 0.15) is 53.0 Å². The number of amidine groups is 1. The van der Waals surface area contributed by atoms with Crippen molar-refractivity contribution in [1.82, 2.24) is 20.0 Å². The summed E-state index contributed by atoms with van der Waals surface area (Å²) < 4.78 is 24.0. The fourth-order valence-electron chi connectivity index (χ4n) is 7.66. The third kappa shape index (κ3) is 8.71. The first-order valence-electron chi connectivity index (χ1n) is 19.7. The molecule has 1 saturated heterocycles. The normalized spacial score (nSPS) is 17.6. The Morgan fingerprint density at radius 2 is 1.54 bits per heavy atom. The summed E-state index contributed by atoms with van der Waals surface area (Å²) in [5.74, 6) is 2.41. The van der Waals surface area contributed by atoms with Crippen LogP contribution in [0.4, 0.5) is 4.79 Å². The number of carbonyl (C=O) groups is 2. The van der Waals surface area contributed by atoms with E-state index >= 15 is 4.79 Å². The van der Waals surface area contributed by atoms with Crippen molar-refractivity contribution >= 4 is 53.6 Å². The number of hydrogen-bond donors (Lipinski definition) is 1. The zero-order valence-corrected chi connectivity index (χ0v) is 34.5. The standard InChI is InChI=1S/C45H44BCl2N5O6/c1-29(2)57-39-28-35(56-3)20-21-36(39)43-50-40(30-12-16-33(47)17-13-30)41(31-14-18-34(48)19-15-31)53(43)45(55)52-26-24-51(25-27-52)23-22-49-44(54)37-10-7-11-38-42(37)59-46(58-38)32-8-5-4-6-9-32/h4-21,28-29,40-41H,22-27H2,1-3H3,(H,49,54)/t40-,41+/m0/s1. The Bertz CT molecular complexity index is 2320. The Morgan fingerprint density at radius 3 is 2.22 bits per heavy atom. The van der Waals surface area contributed by atoms with E-state index in [9.17, 15) is 4.79 Å². The predicted molar refractivity (Wildman–Crippen MR) is 231 cm³/mol. The van der Waals surface area contributed by atoms with E-state index in [0.29, 0.717) is 89.3 Å². The van der Waals surface area contributed by atoms with Gasteiger partial charge in [0.1, 0.15) is 29.1 Å². The van der Waals surface area contributed by atoms with Crippen LogP contribution in [0, 0.1) is 0 Å². The average molecular weight is 833 g/mol. The van der Waals surface area contributed by atoms with Crippen molar-refractivity contribution in [2.75, 3.05) is 46.4 Å². The van der Waals surface area contributed by atoms with E-state index in [0.717, 1.165) is 16.6 Å². The smallest absolute Gasteiger partial charge is 0.519 e. The number of nitrogens with zero attached hydrogens (tertiary/aromatic N) is 4. The molecule has 0 bridgehead atoms. The van der Waals surface area contributed by atoms with E-state index in [1.807, 2.05) is 116 Å². The van der Waals surface area contributed by atoms with Crippen molar-refractivity contribution in [2.45, 2.75) is 32.0 Å². The summed E-state index contributed by atoms with van der Waals surface area (Å²) in [5.41, 5.74) is 3.75. The molecule has 1 N–H and O–H groups in total. The van der Waals surface area contributed by atoms with Gasteiger partial charge in [0.05, 0.1) is 30.4 Å². The molecule has 0 radical (unpaired) electrons. The van der Waals surface area contributed by atoms with Gasteiger partial charge in [-0.3, -0.25) is 19.6 Å². The second-order valence-corrected chi connectivity index (χ2v) is 15.7. The molecule has 8 rings (SSSR count). The summed E-state index contributed by atoms with van der Waals surface area (Å²) in [6.45, 7) is 7.13. The molecule has 2 atom stereocenters. The van der Waals surface area contributed by atoms with Crippen LogP contribution in [-0.2, 0) is 0 Å². The highest BCUT2D eigenvalue weighted by Gasteiger charge is 2.45. The molecule has 0 aromatic heterocycles. The average Bonchev–Trinajstić information content (AvgIpc) is 3.87. The lowest BCUT2D eigenvalue weighted by Gasteiger charge is -2.39. The number of urea groups is 1. The van der Waals surface area contributed by atoms with Gasteiger partial charge in [0, 0.05) is 60.8 Å². The second kappa shape index (κ2) is 17.7. The SMILES string of the molecule is COc1ccc(C2=N[C@@H](c3ccc(Cl)cc3)[C@@H](c3ccc(Cl)cc3)N2C(=O)N2CCN(CCNC(=O)c3cccc4c3OB(c3ccccc3)O4)CC2)c(OC(C)C)c1. The first kappa shape index (κ1) is 40.1. The largest absolute Gasteiger partial charge is 0.632 e. The van der Waals surface area contributed by atoms with E-state index in [1.165, 1.54) is 0 Å². The van der Waals surface area contributed by atoms with Crippen LogP contribution in [0.2, 0.25) is 10.0 Å². The molecule has 14 heteroatoms. The minimum Gasteiger partial charge on any atom is -0.519 e. The number of aliphatic imine (C=N–C) groups is 1. The van der Waals surface area contributed by atoms with Crippen molar-refractivity contribution < 1.29 is 28.4 Å². The number of carbonyl (C=O) groups excluding carboxylic acids is 2. The number of amides is 3. The molecule has 3 aliphatic rings. The van der Waals surface area contributed by atoms with Crippen LogP contribution in [0.5, 0.6) is 23.0 Å². The zero-order chi connectivity index (χ0) is 41.0. The van der Waals surface area contributed by atoms with Crippen LogP contribution >= 0.6 is 23.2 Å². The van der Waals surface area contributed by atoms with Crippen molar-refractivity contribution in [3.05, 3.63) is 148 Å². The Kier molecular flexibility index (Phi) is 12.0. The highest BCUT2D eigenvalue weighted by atomic mass is 35.5. The van der Waals surface area contributed by atoms with Gasteiger partial charge in [0.25, 0.3) is 5.91 Å². The highest BCUT2D eigenvalue weighted by molar-refractivity contribution is 6.63. The van der Waals surface area contributed by atoms with Crippen molar-refractivity contribution in [2.24, 2.45) is 4.99 Å². The Hall–Kier alpha value is -5.69. The van der Waals surface area contributed by atoms with Gasteiger partial charge in [-0.25, -0.2) is 4.79 Å². The fourth-order valence-corrected chi connectivity index (χ4v) is 7.91. The highest BCUT2D eigenvalue weighted by Crippen LogP contribution is 2.46. The number of ether oxygens (including phenoxy) is 2. The van der Waals surface area contributed by atoms with Crippen LogP contribution in [0.15, 0.2) is 120 Å². The number of piperazine rings is 1. The molecule has 0 unspecified atom stereocenters. The van der Waals surface area contributed by atoms with Crippen LogP contribution in [0.3, 0.4) is 0 Å². The lowest BCUT2D eigenvalue weighted by atomic mass is 9.79. The number of benzene rings is 5. The Labute approximate surface area is 354 Å². The number of fused-ring (bicyclic) bond motifs is 1. The van der Waals surface area contributed by atoms with Crippen molar-refractivity contribution in [3.63, 3.8) is 0 Å². The van der Waals surface area contributed by atoms with E-state index < -0.39 is 19.2 Å². The molecule has 3 heterocycles. The van der Waals surface area contributed by atoms with Crippen LogP contribution in [-0.4, -0.2) is 92.1 Å². The number of nitrogens with one attached hydrogen (secondary N) is 1. The molecule has 5 aromatic rings. The Morgan fingerprint density at radius 1 is 0.847 bits per heavy atom. The van der Waals surface area contributed by atoms with E-state index in [1.54, 1.807) is 30.2 Å². The monoisotopic (exact) mass is 831 g/mol. The number of rotatable bonds is 11. The molecule has 59 heavy (non-hydrogen) atoms. The number of para-hydroxylation sites is 1. The summed E-state index contributed by atoms with van der Waals surface area (Å²) in [5, 5.41) is 4.25. The van der Waals surface area contributed by atoms with E-state index in [-0.39, 0.29) is 18.0 Å². The number of hydrogen-bond acceptors (Lipinski definition) is 8. The molecule has 0 spiro atoms. The first-order valence-corrected chi connectivity index (χ1v) is 20.5. The fraction of sp³-hybridized carbons (Fsp3) is 0.267. The topological polar surface area (TPSA) is 105 Å². The van der Waals surface area contributed by atoms with Crippen molar-refractivity contribution in [3.8, 4) is 23.0 Å². The molecular formula is C45H44BCl2N5O6. The third-order valence-corrected chi connectivity index (χ3v) is 11.1. The number of methoxy groups -OCH3 is 1. The van der Waals surface area contributed by atoms with E-state index in [4.69, 9.17) is 47.0 Å². The maximum atomic E-state index is 15.1. The summed E-state index contributed by atoms with van der Waals surface area (Å²) in [4.78, 5) is 39.7. The lowest BCUT2D eigenvalue weighted by molar-refractivity contribution is 0.0936. The molecule has 3 aliphatic heterocycles. The Balaban J connectivity index is 0.994. The third-order valence-electron chi connectivity index (χ3n) is 10.6. The van der Waals surface area contributed by atoms with Crippen LogP contribution in [0.25, 0.3) is 0 Å². The zero-order valence-electron chi connectivity index (χ0n) is 33.0. The predicted octanol–water partition coefficient (Wildman–Crippen LogP) is 7.67. The molecule has 302 valence electrons. The van der Waals surface area contributed by atoms with Gasteiger partial charge >= 0.3 is 13.1 Å². The van der Waals surface area contributed by atoms with Gasteiger partial charge in [-0.2, -0.15) is 0 Å². The first-order chi connectivity index (χ1) is 28.7. The second-order valence-electron chi connectivity index (χ2n) is 14.8. The van der Waals surface area contributed by atoms with Crippen LogP contribution < -0.4 is 29.6 Å². The van der Waals surface area contributed by atoms with Gasteiger partial charge in [-0.1, -0.05) is 83.9 Å². The molecule has 5 aromatic carbocycles. The molecule has 1 fully saturated rings. The molecule has 0 aliphatic carbocycles. The maximum absolute atomic E-state index is 15.1. The minimum absolute atomic E-state index is 0.146. The maximum Gasteiger partial charge on any atom is 0.632 e. The van der Waals surface area contributed by atoms with Gasteiger partial charge in [0.15, 0.2) is 5.75 Å². The molecule has 3 amide bonds. The molecule has 0 saturated carbocycles. The molecule has 11 nitrogen and oxygen atoms in total. The van der Waals surface area contributed by atoms with Gasteiger partial charge in [-0.05, 0) is 73.5 Å². The number of halogens is 2. The van der Waals surface area contributed by atoms with Gasteiger partial charge in [0.2, 0.25) is 0 Å². The summed E-state index contributed by atoms with van der Waals surface area (Å²) in [6.07, 6.45) is -0.146. The van der Waals surface area contributed by atoms with Crippen molar-refractivity contribution in [1.29, 1.82) is 0 Å². The summed E-state index contributed by atoms with van der Waals surface area (Å²) >= 11 is 12.7. The summed E-state index contributed by atoms with van der Waals surface area (Å²) in [6, 6.07) is 34.6. The van der Waals surface area contributed by atoms with Gasteiger partial charge in [-0.15, -0.1) is 0 Å². The summed E-state index contributed by atoms with van der Waals surface area (Å²) in [7, 11) is 0.996. The quantitative estimate of drug-likeness (QED) is 0.136. The minimum atomic E-state index is -0.613. The molecular weight excluding hydrogens is 788 g/mol. The van der Waals surface area contributed by atoms with Gasteiger partial charge < -0.3 is 29.0 Å². The van der Waals surface area contributed by atoms with E-state index in [2.05, 4.69) is 10.2 Å².